The molecule has 0 bridgehead atoms. The van der Waals surface area contributed by atoms with Gasteiger partial charge in [-0.1, -0.05) is 18.5 Å². The number of methoxy groups -OCH3 is 1. The van der Waals surface area contributed by atoms with Gasteiger partial charge in [0.05, 0.1) is 6.10 Å². The molecule has 0 aliphatic carbocycles. The van der Waals surface area contributed by atoms with Crippen LogP contribution in [0, 0.1) is 19.8 Å². The van der Waals surface area contributed by atoms with E-state index in [0.717, 1.165) is 30.9 Å². The highest BCUT2D eigenvalue weighted by Gasteiger charge is 2.28. The van der Waals surface area contributed by atoms with Crippen LogP contribution in [0.5, 0.6) is 0 Å². The minimum atomic E-state index is 0.257. The summed E-state index contributed by atoms with van der Waals surface area (Å²) in [6.45, 7) is 7.93. The van der Waals surface area contributed by atoms with Gasteiger partial charge in [0, 0.05) is 25.8 Å². The molecular formula is C13H20ClN3O. The van der Waals surface area contributed by atoms with Crippen molar-refractivity contribution in [1.82, 2.24) is 9.97 Å². The number of hydrogen-bond donors (Lipinski definition) is 0. The highest BCUT2D eigenvalue weighted by atomic mass is 35.5. The minimum Gasteiger partial charge on any atom is -0.379 e. The van der Waals surface area contributed by atoms with Crippen molar-refractivity contribution in [1.29, 1.82) is 0 Å². The lowest BCUT2D eigenvalue weighted by Crippen LogP contribution is -2.44. The number of ether oxygens (including phenoxy) is 1. The average Bonchev–Trinajstić information content (AvgIpc) is 2.34. The van der Waals surface area contributed by atoms with Crippen LogP contribution in [0.15, 0.2) is 0 Å². The van der Waals surface area contributed by atoms with Crippen molar-refractivity contribution in [2.24, 2.45) is 5.92 Å². The van der Waals surface area contributed by atoms with Gasteiger partial charge < -0.3 is 9.64 Å². The number of piperidine rings is 1. The topological polar surface area (TPSA) is 38.2 Å². The average molecular weight is 270 g/mol. The Morgan fingerprint density at radius 2 is 2.06 bits per heavy atom. The van der Waals surface area contributed by atoms with Crippen LogP contribution in [0.4, 0.5) is 5.82 Å². The molecule has 0 spiro atoms. The predicted octanol–water partition coefficient (Wildman–Crippen LogP) is 2.61. The van der Waals surface area contributed by atoms with Crippen LogP contribution >= 0.6 is 11.6 Å². The molecule has 0 amide bonds. The summed E-state index contributed by atoms with van der Waals surface area (Å²) in [6.07, 6.45) is 1.37. The van der Waals surface area contributed by atoms with E-state index in [4.69, 9.17) is 16.3 Å². The molecule has 0 aromatic carbocycles. The maximum Gasteiger partial charge on any atom is 0.137 e. The summed E-state index contributed by atoms with van der Waals surface area (Å²) in [5.41, 5.74) is 0.951. The number of aryl methyl sites for hydroxylation is 1. The third kappa shape index (κ3) is 2.59. The summed E-state index contributed by atoms with van der Waals surface area (Å²) in [5.74, 6) is 2.25. The monoisotopic (exact) mass is 269 g/mol. The lowest BCUT2D eigenvalue weighted by molar-refractivity contribution is 0.0496. The van der Waals surface area contributed by atoms with Crippen LogP contribution < -0.4 is 4.90 Å². The molecule has 4 nitrogen and oxygen atoms in total. The Bertz CT molecular complexity index is 438. The molecule has 5 heteroatoms. The van der Waals surface area contributed by atoms with Crippen molar-refractivity contribution < 1.29 is 4.74 Å². The molecule has 1 aromatic heterocycles. The van der Waals surface area contributed by atoms with E-state index in [-0.39, 0.29) is 6.10 Å². The van der Waals surface area contributed by atoms with E-state index in [1.165, 1.54) is 0 Å². The highest BCUT2D eigenvalue weighted by molar-refractivity contribution is 6.30. The second-order valence-corrected chi connectivity index (χ2v) is 5.35. The van der Waals surface area contributed by atoms with E-state index in [0.29, 0.717) is 16.9 Å². The van der Waals surface area contributed by atoms with Crippen molar-refractivity contribution in [2.45, 2.75) is 33.3 Å². The van der Waals surface area contributed by atoms with Gasteiger partial charge in [0.25, 0.3) is 0 Å². The fraction of sp³-hybridized carbons (Fsp3) is 0.692. The van der Waals surface area contributed by atoms with Crippen LogP contribution in [0.2, 0.25) is 5.15 Å². The quantitative estimate of drug-likeness (QED) is 0.774. The van der Waals surface area contributed by atoms with Crippen LogP contribution in [0.1, 0.15) is 24.7 Å². The van der Waals surface area contributed by atoms with Gasteiger partial charge in [0.2, 0.25) is 0 Å². The number of anilines is 1. The van der Waals surface area contributed by atoms with E-state index in [2.05, 4.69) is 21.8 Å². The van der Waals surface area contributed by atoms with Gasteiger partial charge in [-0.25, -0.2) is 9.97 Å². The maximum atomic E-state index is 6.13. The predicted molar refractivity (Wildman–Crippen MR) is 73.3 cm³/mol. The molecule has 1 fully saturated rings. The standard InChI is InChI=1S/C13H20ClN3O/c1-8-5-6-17(7-11(8)18-4)13-9(2)12(14)15-10(3)16-13/h8,11H,5-7H2,1-4H3. The zero-order chi connectivity index (χ0) is 13.3. The van der Waals surface area contributed by atoms with Gasteiger partial charge in [-0.05, 0) is 26.2 Å². The Labute approximate surface area is 113 Å². The zero-order valence-electron chi connectivity index (χ0n) is 11.4. The lowest BCUT2D eigenvalue weighted by Gasteiger charge is -2.37. The maximum absolute atomic E-state index is 6.13. The van der Waals surface area contributed by atoms with E-state index in [1.54, 1.807) is 7.11 Å². The molecule has 1 aromatic rings. The molecule has 0 saturated carbocycles. The Kier molecular flexibility index (Phi) is 4.07. The van der Waals surface area contributed by atoms with E-state index in [9.17, 15) is 0 Å². The first-order valence-electron chi connectivity index (χ1n) is 6.31. The highest BCUT2D eigenvalue weighted by Crippen LogP contribution is 2.28. The first-order valence-corrected chi connectivity index (χ1v) is 6.69. The van der Waals surface area contributed by atoms with Gasteiger partial charge in [-0.15, -0.1) is 0 Å². The molecule has 1 saturated heterocycles. The molecule has 100 valence electrons. The Morgan fingerprint density at radius 1 is 1.33 bits per heavy atom. The van der Waals surface area contributed by atoms with E-state index >= 15 is 0 Å². The first kappa shape index (κ1) is 13.6. The fourth-order valence-corrected chi connectivity index (χ4v) is 2.63. The smallest absolute Gasteiger partial charge is 0.137 e. The molecule has 1 aliphatic heterocycles. The lowest BCUT2D eigenvalue weighted by atomic mass is 9.95. The number of aromatic nitrogens is 2. The Balaban J connectivity index is 2.27. The molecule has 18 heavy (non-hydrogen) atoms. The van der Waals surface area contributed by atoms with Gasteiger partial charge in [-0.3, -0.25) is 0 Å². The summed E-state index contributed by atoms with van der Waals surface area (Å²) in [4.78, 5) is 11.0. The first-order chi connectivity index (χ1) is 8.52. The summed E-state index contributed by atoms with van der Waals surface area (Å²) >= 11 is 6.13. The second-order valence-electron chi connectivity index (χ2n) is 5.00. The SMILES string of the molecule is COC1CN(c2nc(C)nc(Cl)c2C)CCC1C. The number of hydrogen-bond acceptors (Lipinski definition) is 4. The summed E-state index contributed by atoms with van der Waals surface area (Å²) in [6, 6.07) is 0. The third-order valence-electron chi connectivity index (χ3n) is 3.66. The zero-order valence-corrected chi connectivity index (χ0v) is 12.2. The summed E-state index contributed by atoms with van der Waals surface area (Å²) in [5, 5.41) is 0.546. The summed E-state index contributed by atoms with van der Waals surface area (Å²) in [7, 11) is 1.77. The number of halogens is 1. The molecular weight excluding hydrogens is 250 g/mol. The van der Waals surface area contributed by atoms with Crippen LogP contribution in [0.3, 0.4) is 0 Å². The number of rotatable bonds is 2. The van der Waals surface area contributed by atoms with E-state index < -0.39 is 0 Å². The molecule has 1 aliphatic rings. The fourth-order valence-electron chi connectivity index (χ4n) is 2.42. The third-order valence-corrected chi connectivity index (χ3v) is 4.03. The van der Waals surface area contributed by atoms with Gasteiger partial charge >= 0.3 is 0 Å². The van der Waals surface area contributed by atoms with Crippen molar-refractivity contribution in [3.05, 3.63) is 16.5 Å². The summed E-state index contributed by atoms with van der Waals surface area (Å²) < 4.78 is 5.54. The molecule has 2 atom stereocenters. The molecule has 0 N–H and O–H groups in total. The minimum absolute atomic E-state index is 0.257. The van der Waals surface area contributed by atoms with Crippen LogP contribution in [0.25, 0.3) is 0 Å². The van der Waals surface area contributed by atoms with E-state index in [1.807, 2.05) is 13.8 Å². The Hall–Kier alpha value is -0.870. The molecule has 2 rings (SSSR count). The van der Waals surface area contributed by atoms with Gasteiger partial charge in [-0.2, -0.15) is 0 Å². The van der Waals surface area contributed by atoms with Crippen molar-refractivity contribution >= 4 is 17.4 Å². The number of nitrogens with zero attached hydrogens (tertiary/aromatic N) is 3. The van der Waals surface area contributed by atoms with Crippen molar-refractivity contribution in [3.8, 4) is 0 Å². The van der Waals surface area contributed by atoms with Gasteiger partial charge in [0.1, 0.15) is 16.8 Å². The van der Waals surface area contributed by atoms with Crippen molar-refractivity contribution in [3.63, 3.8) is 0 Å². The van der Waals surface area contributed by atoms with Crippen LogP contribution in [-0.2, 0) is 4.74 Å². The Morgan fingerprint density at radius 3 is 2.72 bits per heavy atom. The van der Waals surface area contributed by atoms with Crippen molar-refractivity contribution in [2.75, 3.05) is 25.1 Å². The largest absolute Gasteiger partial charge is 0.379 e. The molecule has 2 unspecified atom stereocenters. The van der Waals surface area contributed by atoms with Crippen LogP contribution in [-0.4, -0.2) is 36.3 Å². The second kappa shape index (κ2) is 5.41. The molecule has 0 radical (unpaired) electrons. The normalized spacial score (nSPS) is 24.4. The molecule has 2 heterocycles. The van der Waals surface area contributed by atoms with Gasteiger partial charge in [0.15, 0.2) is 0 Å².